The summed E-state index contributed by atoms with van der Waals surface area (Å²) in [6, 6.07) is 22.5. The molecule has 0 aromatic heterocycles. The Kier molecular flexibility index (Phi) is 5.15. The molecule has 128 valence electrons. The molecule has 0 aliphatic rings. The molecule has 0 bridgehead atoms. The smallest absolute Gasteiger partial charge is 0.251 e. The molecule has 0 aliphatic carbocycles. The Morgan fingerprint density at radius 1 is 0.960 bits per heavy atom. The molecule has 3 rings (SSSR count). The van der Waals surface area contributed by atoms with E-state index in [0.717, 1.165) is 10.8 Å². The number of rotatable bonds is 5. The van der Waals surface area contributed by atoms with Gasteiger partial charge in [-0.25, -0.2) is 0 Å². The number of hydrogen-bond acceptors (Lipinski definition) is 2. The van der Waals surface area contributed by atoms with Crippen LogP contribution in [-0.2, 0) is 0 Å². The first-order chi connectivity index (χ1) is 12.0. The van der Waals surface area contributed by atoms with Gasteiger partial charge in [0.1, 0.15) is 0 Å². The lowest BCUT2D eigenvalue weighted by atomic mass is 10.0. The van der Waals surface area contributed by atoms with Crippen LogP contribution in [0.4, 0.5) is 0 Å². The fourth-order valence-corrected chi connectivity index (χ4v) is 3.01. The number of carbonyl (C=O) groups excluding carboxylic acids is 1. The summed E-state index contributed by atoms with van der Waals surface area (Å²) in [7, 11) is 4.07. The van der Waals surface area contributed by atoms with Crippen molar-refractivity contribution in [1.82, 2.24) is 10.2 Å². The fourth-order valence-electron chi connectivity index (χ4n) is 3.01. The van der Waals surface area contributed by atoms with Gasteiger partial charge in [-0.2, -0.15) is 0 Å². The Bertz CT molecular complexity index is 869. The van der Waals surface area contributed by atoms with Gasteiger partial charge in [-0.15, -0.1) is 0 Å². The number of benzene rings is 3. The Balaban J connectivity index is 1.73. The summed E-state index contributed by atoms with van der Waals surface area (Å²) in [4.78, 5) is 14.7. The lowest BCUT2D eigenvalue weighted by molar-refractivity contribution is 0.0942. The van der Waals surface area contributed by atoms with E-state index >= 15 is 0 Å². The lowest BCUT2D eigenvalue weighted by Gasteiger charge is -2.25. The van der Waals surface area contributed by atoms with E-state index < -0.39 is 0 Å². The molecule has 0 fully saturated rings. The van der Waals surface area contributed by atoms with E-state index in [9.17, 15) is 4.79 Å². The van der Waals surface area contributed by atoms with Crippen molar-refractivity contribution < 1.29 is 4.79 Å². The fraction of sp³-hybridized carbons (Fsp3) is 0.227. The number of nitrogens with one attached hydrogen (secondary N) is 1. The number of fused-ring (bicyclic) bond motifs is 1. The second kappa shape index (κ2) is 7.49. The quantitative estimate of drug-likeness (QED) is 0.760. The van der Waals surface area contributed by atoms with Crippen molar-refractivity contribution in [3.05, 3.63) is 83.4 Å². The molecule has 0 spiro atoms. The molecule has 0 saturated carbocycles. The van der Waals surface area contributed by atoms with Gasteiger partial charge in [-0.1, -0.05) is 60.2 Å². The van der Waals surface area contributed by atoms with Gasteiger partial charge in [0, 0.05) is 12.1 Å². The zero-order valence-corrected chi connectivity index (χ0v) is 15.0. The third-order valence-corrected chi connectivity index (χ3v) is 4.55. The highest BCUT2D eigenvalue weighted by Crippen LogP contribution is 2.19. The number of likely N-dealkylation sites (N-methyl/N-ethyl adjacent to an activating group) is 1. The maximum absolute atomic E-state index is 12.6. The van der Waals surface area contributed by atoms with E-state index in [-0.39, 0.29) is 11.9 Å². The summed E-state index contributed by atoms with van der Waals surface area (Å²) in [5, 5.41) is 5.30. The van der Waals surface area contributed by atoms with E-state index in [4.69, 9.17) is 0 Å². The van der Waals surface area contributed by atoms with Gasteiger partial charge in [0.05, 0.1) is 6.04 Å². The summed E-state index contributed by atoms with van der Waals surface area (Å²) >= 11 is 0. The molecular weight excluding hydrogens is 308 g/mol. The summed E-state index contributed by atoms with van der Waals surface area (Å²) < 4.78 is 0. The maximum Gasteiger partial charge on any atom is 0.251 e. The molecule has 1 atom stereocenters. The van der Waals surface area contributed by atoms with Crippen molar-refractivity contribution in [2.24, 2.45) is 0 Å². The predicted molar refractivity (Wildman–Crippen MR) is 104 cm³/mol. The normalized spacial score (nSPS) is 12.3. The minimum absolute atomic E-state index is 0.0373. The zero-order valence-electron chi connectivity index (χ0n) is 15.0. The predicted octanol–water partition coefficient (Wildman–Crippen LogP) is 4.18. The number of hydrogen-bond donors (Lipinski definition) is 1. The van der Waals surface area contributed by atoms with Gasteiger partial charge in [-0.05, 0) is 49.5 Å². The van der Waals surface area contributed by atoms with Crippen molar-refractivity contribution >= 4 is 16.7 Å². The Morgan fingerprint density at radius 2 is 1.64 bits per heavy atom. The molecule has 1 N–H and O–H groups in total. The molecule has 1 unspecified atom stereocenters. The van der Waals surface area contributed by atoms with Gasteiger partial charge in [0.15, 0.2) is 0 Å². The van der Waals surface area contributed by atoms with E-state index in [1.165, 1.54) is 11.1 Å². The summed E-state index contributed by atoms with van der Waals surface area (Å²) in [5.74, 6) is -0.0373. The van der Waals surface area contributed by atoms with Gasteiger partial charge in [-0.3, -0.25) is 4.79 Å². The van der Waals surface area contributed by atoms with Crippen molar-refractivity contribution in [2.75, 3.05) is 20.6 Å². The number of nitrogens with zero attached hydrogens (tertiary/aromatic N) is 1. The minimum atomic E-state index is -0.0373. The number of aryl methyl sites for hydroxylation is 1. The molecular formula is C22H24N2O. The average Bonchev–Trinajstić information content (AvgIpc) is 2.62. The molecule has 3 heteroatoms. The zero-order chi connectivity index (χ0) is 17.8. The maximum atomic E-state index is 12.6. The van der Waals surface area contributed by atoms with Gasteiger partial charge in [0.25, 0.3) is 5.91 Å². The second-order valence-electron chi connectivity index (χ2n) is 6.66. The van der Waals surface area contributed by atoms with Crippen LogP contribution in [-0.4, -0.2) is 31.4 Å². The molecule has 0 aliphatic heterocycles. The summed E-state index contributed by atoms with van der Waals surface area (Å²) in [6.07, 6.45) is 0. The highest BCUT2D eigenvalue weighted by molar-refractivity contribution is 5.98. The molecule has 1 amide bonds. The minimum Gasteiger partial charge on any atom is -0.350 e. The van der Waals surface area contributed by atoms with Crippen LogP contribution in [0, 0.1) is 6.92 Å². The monoisotopic (exact) mass is 332 g/mol. The first kappa shape index (κ1) is 17.2. The third-order valence-electron chi connectivity index (χ3n) is 4.55. The molecule has 3 aromatic rings. The van der Waals surface area contributed by atoms with Crippen molar-refractivity contribution in [2.45, 2.75) is 13.0 Å². The van der Waals surface area contributed by atoms with E-state index in [2.05, 4.69) is 47.5 Å². The van der Waals surface area contributed by atoms with E-state index in [1.807, 2.05) is 50.5 Å². The van der Waals surface area contributed by atoms with Gasteiger partial charge in [0.2, 0.25) is 0 Å². The van der Waals surface area contributed by atoms with Crippen LogP contribution in [0.15, 0.2) is 66.7 Å². The van der Waals surface area contributed by atoms with Crippen LogP contribution in [0.3, 0.4) is 0 Å². The summed E-state index contributed by atoms with van der Waals surface area (Å²) in [5.41, 5.74) is 3.14. The van der Waals surface area contributed by atoms with E-state index in [1.54, 1.807) is 0 Å². The summed E-state index contributed by atoms with van der Waals surface area (Å²) in [6.45, 7) is 2.65. The molecule has 25 heavy (non-hydrogen) atoms. The van der Waals surface area contributed by atoms with Crippen LogP contribution >= 0.6 is 0 Å². The van der Waals surface area contributed by atoms with Crippen molar-refractivity contribution in [1.29, 1.82) is 0 Å². The van der Waals surface area contributed by atoms with Crippen molar-refractivity contribution in [3.8, 4) is 0 Å². The van der Waals surface area contributed by atoms with Crippen LogP contribution in [0.2, 0.25) is 0 Å². The molecule has 0 saturated heterocycles. The SMILES string of the molecule is Cc1ccc(C(CNC(=O)c2ccc3ccccc3c2)N(C)C)cc1. The lowest BCUT2D eigenvalue weighted by Crippen LogP contribution is -2.34. The molecule has 0 radical (unpaired) electrons. The molecule has 0 heterocycles. The highest BCUT2D eigenvalue weighted by Gasteiger charge is 2.16. The molecule has 3 aromatic carbocycles. The number of carbonyl (C=O) groups is 1. The van der Waals surface area contributed by atoms with Crippen LogP contribution in [0.25, 0.3) is 10.8 Å². The average molecular weight is 332 g/mol. The van der Waals surface area contributed by atoms with Crippen LogP contribution < -0.4 is 5.32 Å². The first-order valence-corrected chi connectivity index (χ1v) is 8.54. The highest BCUT2D eigenvalue weighted by atomic mass is 16.1. The second-order valence-corrected chi connectivity index (χ2v) is 6.66. The Hall–Kier alpha value is -2.65. The van der Waals surface area contributed by atoms with Crippen molar-refractivity contribution in [3.63, 3.8) is 0 Å². The largest absolute Gasteiger partial charge is 0.350 e. The van der Waals surface area contributed by atoms with Crippen LogP contribution in [0.1, 0.15) is 27.5 Å². The standard InChI is InChI=1S/C22H24N2O/c1-16-8-10-18(11-9-16)21(24(2)3)15-23-22(25)20-13-12-17-6-4-5-7-19(17)14-20/h4-14,21H,15H2,1-3H3,(H,23,25). The van der Waals surface area contributed by atoms with Gasteiger partial charge >= 0.3 is 0 Å². The third kappa shape index (κ3) is 4.06. The first-order valence-electron chi connectivity index (χ1n) is 8.54. The van der Waals surface area contributed by atoms with Gasteiger partial charge < -0.3 is 10.2 Å². The number of amides is 1. The van der Waals surface area contributed by atoms with Crippen LogP contribution in [0.5, 0.6) is 0 Å². The topological polar surface area (TPSA) is 32.3 Å². The Morgan fingerprint density at radius 3 is 2.32 bits per heavy atom. The molecule has 3 nitrogen and oxygen atoms in total. The Labute approximate surface area is 149 Å². The van der Waals surface area contributed by atoms with E-state index in [0.29, 0.717) is 12.1 Å².